The van der Waals surface area contributed by atoms with Crippen molar-refractivity contribution in [3.05, 3.63) is 48.6 Å². The molecule has 0 spiro atoms. The highest BCUT2D eigenvalue weighted by molar-refractivity contribution is 5.72. The summed E-state index contributed by atoms with van der Waals surface area (Å²) >= 11 is 0. The van der Waals surface area contributed by atoms with E-state index in [0.29, 0.717) is 0 Å². The number of hydrogen-bond donors (Lipinski definition) is 1. The first-order chi connectivity index (χ1) is 10.8. The number of hydrogen-bond acceptors (Lipinski definition) is 5. The van der Waals surface area contributed by atoms with Crippen LogP contribution in [-0.2, 0) is 6.42 Å². The minimum Gasteiger partial charge on any atom is -0.472 e. The summed E-state index contributed by atoms with van der Waals surface area (Å²) in [5, 5.41) is 0. The van der Waals surface area contributed by atoms with Crippen molar-refractivity contribution in [2.24, 2.45) is 0 Å². The van der Waals surface area contributed by atoms with Crippen molar-refractivity contribution in [1.82, 2.24) is 15.0 Å². The second kappa shape index (κ2) is 6.39. The van der Waals surface area contributed by atoms with Gasteiger partial charge in [-0.15, -0.1) is 0 Å². The molecular formula is C17H18N4O. The molecule has 3 heterocycles. The van der Waals surface area contributed by atoms with Gasteiger partial charge in [-0.25, -0.2) is 9.97 Å². The second-order valence-corrected chi connectivity index (χ2v) is 5.09. The lowest BCUT2D eigenvalue weighted by Gasteiger charge is -2.13. The molecule has 0 saturated carbocycles. The Morgan fingerprint density at radius 1 is 1.14 bits per heavy atom. The molecule has 2 N–H and O–H groups in total. The minimum atomic E-state index is 0.247. The van der Waals surface area contributed by atoms with E-state index in [2.05, 4.69) is 21.9 Å². The number of nitrogens with two attached hydrogens (primary N) is 1. The van der Waals surface area contributed by atoms with Crippen LogP contribution in [0.3, 0.4) is 0 Å². The number of nitrogen functional groups attached to an aromatic ring is 1. The van der Waals surface area contributed by atoms with E-state index in [-0.39, 0.29) is 5.95 Å². The Kier molecular flexibility index (Phi) is 4.14. The highest BCUT2D eigenvalue weighted by atomic mass is 16.3. The molecule has 0 atom stereocenters. The molecule has 22 heavy (non-hydrogen) atoms. The van der Waals surface area contributed by atoms with Gasteiger partial charge in [0.2, 0.25) is 5.95 Å². The summed E-state index contributed by atoms with van der Waals surface area (Å²) in [6, 6.07) is 7.66. The third-order valence-electron chi connectivity index (χ3n) is 3.51. The third-order valence-corrected chi connectivity index (χ3v) is 3.51. The molecule has 0 aliphatic rings. The average molecular weight is 294 g/mol. The van der Waals surface area contributed by atoms with Crippen LogP contribution in [-0.4, -0.2) is 15.0 Å². The quantitative estimate of drug-likeness (QED) is 0.775. The van der Waals surface area contributed by atoms with Gasteiger partial charge in [0.25, 0.3) is 0 Å². The minimum absolute atomic E-state index is 0.247. The normalized spacial score (nSPS) is 10.8. The van der Waals surface area contributed by atoms with E-state index in [1.54, 1.807) is 18.7 Å². The van der Waals surface area contributed by atoms with Gasteiger partial charge in [-0.1, -0.05) is 19.4 Å². The number of unbranched alkanes of at least 4 members (excludes halogenated alkanes) is 1. The van der Waals surface area contributed by atoms with E-state index in [1.807, 2.05) is 24.3 Å². The molecule has 5 nitrogen and oxygen atoms in total. The summed E-state index contributed by atoms with van der Waals surface area (Å²) in [5.74, 6) is 0.247. The van der Waals surface area contributed by atoms with E-state index in [4.69, 9.17) is 10.2 Å². The molecule has 3 aromatic rings. The SMILES string of the molecule is CCCCc1c(-c2ccoc2)nc(N)nc1-c1ccccn1. The van der Waals surface area contributed by atoms with Gasteiger partial charge in [0.1, 0.15) is 0 Å². The van der Waals surface area contributed by atoms with Gasteiger partial charge in [0, 0.05) is 17.3 Å². The molecule has 0 amide bonds. The van der Waals surface area contributed by atoms with E-state index >= 15 is 0 Å². The summed E-state index contributed by atoms with van der Waals surface area (Å²) in [4.78, 5) is 13.3. The van der Waals surface area contributed by atoms with Crippen molar-refractivity contribution in [3.63, 3.8) is 0 Å². The predicted molar refractivity (Wildman–Crippen MR) is 86.0 cm³/mol. The summed E-state index contributed by atoms with van der Waals surface area (Å²) in [5.41, 5.74) is 10.3. The number of furan rings is 1. The standard InChI is InChI=1S/C17H18N4O/c1-2-3-6-13-15(12-8-10-22-11-12)20-17(18)21-16(13)14-7-4-5-9-19-14/h4-5,7-11H,2-3,6H2,1H3,(H2,18,20,21). The first-order valence-corrected chi connectivity index (χ1v) is 7.40. The molecule has 0 aliphatic heterocycles. The van der Waals surface area contributed by atoms with Crippen LogP contribution >= 0.6 is 0 Å². The zero-order valence-electron chi connectivity index (χ0n) is 12.5. The molecule has 0 fully saturated rings. The number of anilines is 1. The maximum Gasteiger partial charge on any atom is 0.221 e. The Morgan fingerprint density at radius 3 is 2.68 bits per heavy atom. The smallest absolute Gasteiger partial charge is 0.221 e. The fourth-order valence-electron chi connectivity index (χ4n) is 2.44. The Morgan fingerprint density at radius 2 is 2.00 bits per heavy atom. The van der Waals surface area contributed by atoms with Crippen molar-refractivity contribution in [2.45, 2.75) is 26.2 Å². The monoisotopic (exact) mass is 294 g/mol. The van der Waals surface area contributed by atoms with Crippen LogP contribution in [0, 0.1) is 0 Å². The zero-order valence-corrected chi connectivity index (χ0v) is 12.5. The Bertz CT molecular complexity index is 739. The van der Waals surface area contributed by atoms with Crippen molar-refractivity contribution in [2.75, 3.05) is 5.73 Å². The molecule has 3 rings (SSSR count). The molecule has 0 saturated heterocycles. The maximum absolute atomic E-state index is 5.92. The summed E-state index contributed by atoms with van der Waals surface area (Å²) in [6.07, 6.45) is 8.10. The third kappa shape index (κ3) is 2.83. The molecule has 0 radical (unpaired) electrons. The number of nitrogens with zero attached hydrogens (tertiary/aromatic N) is 3. The molecule has 0 aliphatic carbocycles. The Labute approximate surface area is 129 Å². The first-order valence-electron chi connectivity index (χ1n) is 7.40. The molecule has 3 aromatic heterocycles. The lowest BCUT2D eigenvalue weighted by Crippen LogP contribution is -2.05. The van der Waals surface area contributed by atoms with Gasteiger partial charge in [-0.05, 0) is 31.0 Å². The van der Waals surface area contributed by atoms with Gasteiger partial charge < -0.3 is 10.2 Å². The van der Waals surface area contributed by atoms with Crippen LogP contribution in [0.1, 0.15) is 25.3 Å². The molecule has 0 bridgehead atoms. The molecular weight excluding hydrogens is 276 g/mol. The van der Waals surface area contributed by atoms with Crippen LogP contribution in [0.5, 0.6) is 0 Å². The highest BCUT2D eigenvalue weighted by Gasteiger charge is 2.17. The molecule has 112 valence electrons. The summed E-state index contributed by atoms with van der Waals surface area (Å²) < 4.78 is 5.20. The van der Waals surface area contributed by atoms with E-state index in [1.165, 1.54) is 0 Å². The van der Waals surface area contributed by atoms with E-state index in [0.717, 1.165) is 47.5 Å². The van der Waals surface area contributed by atoms with Gasteiger partial charge in [-0.3, -0.25) is 4.98 Å². The Hall–Kier alpha value is -2.69. The largest absolute Gasteiger partial charge is 0.472 e. The zero-order chi connectivity index (χ0) is 15.4. The van der Waals surface area contributed by atoms with Gasteiger partial charge in [-0.2, -0.15) is 0 Å². The maximum atomic E-state index is 5.92. The molecule has 0 aromatic carbocycles. The van der Waals surface area contributed by atoms with Crippen LogP contribution in [0.4, 0.5) is 5.95 Å². The van der Waals surface area contributed by atoms with Crippen LogP contribution in [0.15, 0.2) is 47.4 Å². The summed E-state index contributed by atoms with van der Waals surface area (Å²) in [6.45, 7) is 2.16. The predicted octanol–water partition coefficient (Wildman–Crippen LogP) is 3.72. The van der Waals surface area contributed by atoms with Crippen LogP contribution in [0.2, 0.25) is 0 Å². The molecule has 5 heteroatoms. The van der Waals surface area contributed by atoms with Crippen molar-refractivity contribution >= 4 is 5.95 Å². The van der Waals surface area contributed by atoms with Crippen LogP contribution in [0.25, 0.3) is 22.6 Å². The first kappa shape index (κ1) is 14.3. The van der Waals surface area contributed by atoms with Gasteiger partial charge in [0.05, 0.1) is 29.6 Å². The fourth-order valence-corrected chi connectivity index (χ4v) is 2.44. The fraction of sp³-hybridized carbons (Fsp3) is 0.235. The summed E-state index contributed by atoms with van der Waals surface area (Å²) in [7, 11) is 0. The van der Waals surface area contributed by atoms with E-state index < -0.39 is 0 Å². The lowest BCUT2D eigenvalue weighted by atomic mass is 9.99. The van der Waals surface area contributed by atoms with Crippen LogP contribution < -0.4 is 5.73 Å². The van der Waals surface area contributed by atoms with Crippen molar-refractivity contribution in [3.8, 4) is 22.6 Å². The molecule has 0 unspecified atom stereocenters. The Balaban J connectivity index is 2.20. The van der Waals surface area contributed by atoms with Gasteiger partial charge in [0.15, 0.2) is 0 Å². The second-order valence-electron chi connectivity index (χ2n) is 5.09. The topological polar surface area (TPSA) is 77.8 Å². The number of pyridine rings is 1. The van der Waals surface area contributed by atoms with Gasteiger partial charge >= 0.3 is 0 Å². The number of aromatic nitrogens is 3. The van der Waals surface area contributed by atoms with Crippen molar-refractivity contribution in [1.29, 1.82) is 0 Å². The number of rotatable bonds is 5. The highest BCUT2D eigenvalue weighted by Crippen LogP contribution is 2.31. The lowest BCUT2D eigenvalue weighted by molar-refractivity contribution is 0.568. The van der Waals surface area contributed by atoms with E-state index in [9.17, 15) is 0 Å². The van der Waals surface area contributed by atoms with Crippen molar-refractivity contribution < 1.29 is 4.42 Å². The average Bonchev–Trinajstić information content (AvgIpc) is 3.08.